The molecule has 4 atom stereocenters. The molecule has 3 amide bonds. The van der Waals surface area contributed by atoms with E-state index in [-0.39, 0.29) is 18.4 Å². The highest BCUT2D eigenvalue weighted by Gasteiger charge is 2.68. The Bertz CT molecular complexity index is 1200. The molecule has 2 aromatic rings. The van der Waals surface area contributed by atoms with Gasteiger partial charge in [-0.15, -0.1) is 0 Å². The molecule has 7 nitrogen and oxygen atoms in total. The van der Waals surface area contributed by atoms with Gasteiger partial charge in [0.2, 0.25) is 17.7 Å². The molecule has 2 aromatic carbocycles. The number of ether oxygens (including phenoxy) is 1. The van der Waals surface area contributed by atoms with Crippen molar-refractivity contribution in [1.82, 2.24) is 15.1 Å². The molecule has 0 unspecified atom stereocenters. The summed E-state index contributed by atoms with van der Waals surface area (Å²) in [4.78, 5) is 43.0. The summed E-state index contributed by atoms with van der Waals surface area (Å²) in [5, 5.41) is 3.39. The van der Waals surface area contributed by atoms with Crippen molar-refractivity contribution in [2.45, 2.75) is 37.1 Å². The molecule has 190 valence electrons. The molecule has 0 aromatic heterocycles. The summed E-state index contributed by atoms with van der Waals surface area (Å²) in [6.45, 7) is 0.523. The molecule has 3 heterocycles. The van der Waals surface area contributed by atoms with Crippen LogP contribution in [0.25, 0.3) is 0 Å². The Morgan fingerprint density at radius 3 is 2.31 bits per heavy atom. The van der Waals surface area contributed by atoms with Crippen molar-refractivity contribution >= 4 is 17.7 Å². The van der Waals surface area contributed by atoms with E-state index in [0.717, 1.165) is 22.6 Å². The molecule has 3 aliphatic rings. The molecule has 0 saturated carbocycles. The van der Waals surface area contributed by atoms with Gasteiger partial charge in [0.05, 0.1) is 24.5 Å². The van der Waals surface area contributed by atoms with E-state index >= 15 is 0 Å². The molecule has 10 heteroatoms. The van der Waals surface area contributed by atoms with Crippen LogP contribution >= 0.6 is 0 Å². The lowest BCUT2D eigenvalue weighted by atomic mass is 9.74. The Morgan fingerprint density at radius 1 is 1.03 bits per heavy atom. The maximum atomic E-state index is 13.9. The van der Waals surface area contributed by atoms with Gasteiger partial charge in [0.15, 0.2) is 0 Å². The van der Waals surface area contributed by atoms with Crippen LogP contribution < -0.4 is 10.1 Å². The number of fused-ring (bicyclic) bond motifs is 2. The summed E-state index contributed by atoms with van der Waals surface area (Å²) in [6.07, 6.45) is -3.47. The standard InChI is InChI=1S/C26H26F3N3O4/c1-31-22(33)19-20(23(31)34)25(30-21(19)16-6-10-18(36-2)11-7-16)12-3-13-32(24(25)35)14-15-4-8-17(9-5-15)26(27,28)29/h4-11,19-21,30H,3,12-14H2,1-2H3/t19-,20-,21-,25-/m1/s1. The number of halogens is 3. The fourth-order valence-corrected chi connectivity index (χ4v) is 5.88. The monoisotopic (exact) mass is 501 g/mol. The van der Waals surface area contributed by atoms with Gasteiger partial charge >= 0.3 is 6.18 Å². The van der Waals surface area contributed by atoms with E-state index in [4.69, 9.17) is 4.74 Å². The number of imide groups is 1. The van der Waals surface area contributed by atoms with Crippen molar-refractivity contribution in [3.05, 3.63) is 65.2 Å². The molecule has 36 heavy (non-hydrogen) atoms. The van der Waals surface area contributed by atoms with Crippen LogP contribution in [0, 0.1) is 11.8 Å². The van der Waals surface area contributed by atoms with Crippen LogP contribution in [0.2, 0.25) is 0 Å². The minimum Gasteiger partial charge on any atom is -0.497 e. The number of amides is 3. The zero-order chi connectivity index (χ0) is 25.8. The number of methoxy groups -OCH3 is 1. The van der Waals surface area contributed by atoms with Crippen LogP contribution in [0.15, 0.2) is 48.5 Å². The van der Waals surface area contributed by atoms with Gasteiger partial charge in [-0.05, 0) is 48.2 Å². The molecule has 1 spiro atoms. The predicted molar refractivity (Wildman–Crippen MR) is 122 cm³/mol. The summed E-state index contributed by atoms with van der Waals surface area (Å²) in [5.41, 5.74) is -0.697. The van der Waals surface area contributed by atoms with E-state index in [9.17, 15) is 27.6 Å². The van der Waals surface area contributed by atoms with Crippen molar-refractivity contribution in [2.24, 2.45) is 11.8 Å². The molecule has 0 aliphatic carbocycles. The maximum absolute atomic E-state index is 13.9. The van der Waals surface area contributed by atoms with Crippen LogP contribution in [0.1, 0.15) is 35.6 Å². The molecule has 3 fully saturated rings. The molecular formula is C26H26F3N3O4. The minimum atomic E-state index is -4.44. The number of likely N-dealkylation sites (tertiary alicyclic amines) is 2. The Balaban J connectivity index is 1.46. The second kappa shape index (κ2) is 8.62. The minimum absolute atomic E-state index is 0.114. The molecule has 3 saturated heterocycles. The number of alkyl halides is 3. The van der Waals surface area contributed by atoms with Crippen LogP contribution in [-0.2, 0) is 27.1 Å². The molecule has 0 radical (unpaired) electrons. The van der Waals surface area contributed by atoms with Gasteiger partial charge in [-0.1, -0.05) is 24.3 Å². The predicted octanol–water partition coefficient (Wildman–Crippen LogP) is 3.15. The van der Waals surface area contributed by atoms with Crippen LogP contribution in [-0.4, -0.2) is 53.8 Å². The van der Waals surface area contributed by atoms with Gasteiger partial charge in [-0.2, -0.15) is 13.2 Å². The first-order valence-electron chi connectivity index (χ1n) is 11.8. The molecule has 0 bridgehead atoms. The second-order valence-corrected chi connectivity index (χ2v) is 9.63. The summed E-state index contributed by atoms with van der Waals surface area (Å²) in [5.74, 6) is -1.97. The third-order valence-electron chi connectivity index (χ3n) is 7.67. The number of carbonyl (C=O) groups is 3. The lowest BCUT2D eigenvalue weighted by molar-refractivity contribution is -0.149. The first-order chi connectivity index (χ1) is 17.1. The molecule has 5 rings (SSSR count). The average molecular weight is 502 g/mol. The Morgan fingerprint density at radius 2 is 1.69 bits per heavy atom. The van der Waals surface area contributed by atoms with E-state index in [0.29, 0.717) is 30.7 Å². The van der Waals surface area contributed by atoms with Crippen LogP contribution in [0.4, 0.5) is 13.2 Å². The van der Waals surface area contributed by atoms with Crippen molar-refractivity contribution < 1.29 is 32.3 Å². The van der Waals surface area contributed by atoms with E-state index in [1.165, 1.54) is 19.2 Å². The molecule has 1 N–H and O–H groups in total. The number of piperidine rings is 1. The van der Waals surface area contributed by atoms with Crippen LogP contribution in [0.5, 0.6) is 5.75 Å². The fraction of sp³-hybridized carbons (Fsp3) is 0.423. The highest BCUT2D eigenvalue weighted by atomic mass is 19.4. The van der Waals surface area contributed by atoms with Crippen molar-refractivity contribution in [1.29, 1.82) is 0 Å². The van der Waals surface area contributed by atoms with Gasteiger partial charge < -0.3 is 9.64 Å². The first kappa shape index (κ1) is 24.3. The lowest BCUT2D eigenvalue weighted by Crippen LogP contribution is -2.63. The average Bonchev–Trinajstić information content (AvgIpc) is 3.31. The number of carbonyl (C=O) groups excluding carboxylic acids is 3. The van der Waals surface area contributed by atoms with E-state index < -0.39 is 41.1 Å². The zero-order valence-corrected chi connectivity index (χ0v) is 19.8. The number of nitrogens with one attached hydrogen (secondary N) is 1. The number of rotatable bonds is 4. The van der Waals surface area contributed by atoms with E-state index in [2.05, 4.69) is 5.32 Å². The Labute approximate surface area is 206 Å². The van der Waals surface area contributed by atoms with Gasteiger partial charge in [-0.3, -0.25) is 24.6 Å². The first-order valence-corrected chi connectivity index (χ1v) is 11.8. The van der Waals surface area contributed by atoms with Gasteiger partial charge in [0.1, 0.15) is 11.3 Å². The Hall–Kier alpha value is -3.40. The lowest BCUT2D eigenvalue weighted by Gasteiger charge is -2.42. The molecular weight excluding hydrogens is 475 g/mol. The molecule has 3 aliphatic heterocycles. The Kier molecular flexibility index (Phi) is 5.82. The maximum Gasteiger partial charge on any atom is 0.416 e. The smallest absolute Gasteiger partial charge is 0.416 e. The van der Waals surface area contributed by atoms with Gasteiger partial charge in [0.25, 0.3) is 0 Å². The van der Waals surface area contributed by atoms with Crippen molar-refractivity contribution in [3.63, 3.8) is 0 Å². The van der Waals surface area contributed by atoms with Gasteiger partial charge in [-0.25, -0.2) is 0 Å². The SMILES string of the molecule is COc1ccc([C@H]2N[C@]3(CCCN(Cc4ccc(C(F)(F)F)cc4)C3=O)[C@H]3C(=O)N(C)C(=O)[C@@H]23)cc1. The number of benzene rings is 2. The third-order valence-corrected chi connectivity index (χ3v) is 7.67. The van der Waals surface area contributed by atoms with Crippen molar-refractivity contribution in [3.8, 4) is 5.75 Å². The number of hydrogen-bond acceptors (Lipinski definition) is 5. The van der Waals surface area contributed by atoms with Crippen molar-refractivity contribution in [2.75, 3.05) is 20.7 Å². The third kappa shape index (κ3) is 3.75. The zero-order valence-electron chi connectivity index (χ0n) is 19.8. The normalized spacial score (nSPS) is 28.2. The summed E-state index contributed by atoms with van der Waals surface area (Å²) in [6, 6.07) is 11.3. The van der Waals surface area contributed by atoms with Crippen LogP contribution in [0.3, 0.4) is 0 Å². The summed E-state index contributed by atoms with van der Waals surface area (Å²) < 4.78 is 44.0. The van der Waals surface area contributed by atoms with Gasteiger partial charge in [0, 0.05) is 26.2 Å². The van der Waals surface area contributed by atoms with E-state index in [1.807, 2.05) is 12.1 Å². The number of nitrogens with zero attached hydrogens (tertiary/aromatic N) is 2. The number of hydrogen-bond donors (Lipinski definition) is 1. The summed E-state index contributed by atoms with van der Waals surface area (Å²) in [7, 11) is 2.99. The highest BCUT2D eigenvalue weighted by molar-refractivity contribution is 6.10. The largest absolute Gasteiger partial charge is 0.497 e. The van der Waals surface area contributed by atoms with E-state index in [1.54, 1.807) is 24.1 Å². The second-order valence-electron chi connectivity index (χ2n) is 9.63. The highest BCUT2D eigenvalue weighted by Crippen LogP contribution is 2.51. The quantitative estimate of drug-likeness (QED) is 0.652. The topological polar surface area (TPSA) is 79.0 Å². The fourth-order valence-electron chi connectivity index (χ4n) is 5.88. The summed E-state index contributed by atoms with van der Waals surface area (Å²) >= 11 is 0.